The number of hydrogen-bond donors (Lipinski definition) is 1. The number of piperazine rings is 1. The molecule has 1 aliphatic rings. The van der Waals surface area contributed by atoms with Gasteiger partial charge in [-0.2, -0.15) is 0 Å². The molecule has 0 radical (unpaired) electrons. The monoisotopic (exact) mass is 409 g/mol. The molecule has 6 heteroatoms. The largest absolute Gasteiger partial charge is 0.369 e. The van der Waals surface area contributed by atoms with Crippen LogP contribution in [-0.2, 0) is 0 Å². The SMILES string of the molecule is CCN1CCN(c2ccc(NC(=O)c3ccc(-c4ccc(F)cc4)s3)cc2)CC1. The maximum Gasteiger partial charge on any atom is 0.265 e. The Hall–Kier alpha value is -2.70. The maximum absolute atomic E-state index is 13.1. The third kappa shape index (κ3) is 4.66. The normalized spacial score (nSPS) is 14.8. The molecule has 0 unspecified atom stereocenters. The van der Waals surface area contributed by atoms with E-state index in [1.54, 1.807) is 18.2 Å². The quantitative estimate of drug-likeness (QED) is 0.648. The Morgan fingerprint density at radius 2 is 1.66 bits per heavy atom. The predicted octanol–water partition coefficient (Wildman–Crippen LogP) is 4.95. The molecule has 0 atom stereocenters. The highest BCUT2D eigenvalue weighted by molar-refractivity contribution is 7.17. The van der Waals surface area contributed by atoms with Crippen LogP contribution in [0.1, 0.15) is 16.6 Å². The molecule has 2 aromatic carbocycles. The van der Waals surface area contributed by atoms with Crippen molar-refractivity contribution in [3.63, 3.8) is 0 Å². The second kappa shape index (κ2) is 8.76. The Kier molecular flexibility index (Phi) is 5.92. The van der Waals surface area contributed by atoms with Gasteiger partial charge >= 0.3 is 0 Å². The highest BCUT2D eigenvalue weighted by Crippen LogP contribution is 2.29. The van der Waals surface area contributed by atoms with Crippen LogP contribution in [0.4, 0.5) is 15.8 Å². The number of anilines is 2. The number of carbonyl (C=O) groups is 1. The van der Waals surface area contributed by atoms with Crippen LogP contribution >= 0.6 is 11.3 Å². The fraction of sp³-hybridized carbons (Fsp3) is 0.261. The molecule has 4 rings (SSSR count). The summed E-state index contributed by atoms with van der Waals surface area (Å²) in [6.07, 6.45) is 0. The van der Waals surface area contributed by atoms with Crippen LogP contribution in [0.5, 0.6) is 0 Å². The molecule has 0 aliphatic carbocycles. The molecule has 1 aliphatic heterocycles. The van der Waals surface area contributed by atoms with Crippen molar-refractivity contribution in [2.24, 2.45) is 0 Å². The fourth-order valence-electron chi connectivity index (χ4n) is 3.50. The lowest BCUT2D eigenvalue weighted by Gasteiger charge is -2.35. The van der Waals surface area contributed by atoms with E-state index in [0.29, 0.717) is 4.88 Å². The number of likely N-dealkylation sites (N-methyl/N-ethyl adjacent to an activating group) is 1. The standard InChI is InChI=1S/C23H24FN3OS/c1-2-26-13-15-27(16-14-26)20-9-7-19(8-10-20)25-23(28)22-12-11-21(29-22)17-3-5-18(24)6-4-17/h3-12H,2,13-16H2,1H3,(H,25,28). The number of carbonyl (C=O) groups excluding carboxylic acids is 1. The number of halogens is 1. The van der Waals surface area contributed by atoms with Crippen molar-refractivity contribution < 1.29 is 9.18 Å². The van der Waals surface area contributed by atoms with E-state index in [0.717, 1.165) is 48.9 Å². The van der Waals surface area contributed by atoms with Gasteiger partial charge in [0, 0.05) is 42.4 Å². The van der Waals surface area contributed by atoms with E-state index in [1.807, 2.05) is 18.2 Å². The molecule has 2 heterocycles. The molecule has 1 fully saturated rings. The number of nitrogens with zero attached hydrogens (tertiary/aromatic N) is 2. The van der Waals surface area contributed by atoms with Crippen molar-refractivity contribution in [2.75, 3.05) is 42.9 Å². The van der Waals surface area contributed by atoms with E-state index in [-0.39, 0.29) is 11.7 Å². The topological polar surface area (TPSA) is 35.6 Å². The minimum absolute atomic E-state index is 0.132. The van der Waals surface area contributed by atoms with E-state index < -0.39 is 0 Å². The molecule has 3 aromatic rings. The third-order valence-corrected chi connectivity index (χ3v) is 6.40. The first-order chi connectivity index (χ1) is 14.1. The Morgan fingerprint density at radius 1 is 0.966 bits per heavy atom. The summed E-state index contributed by atoms with van der Waals surface area (Å²) in [5, 5.41) is 2.96. The van der Waals surface area contributed by atoms with Crippen LogP contribution < -0.4 is 10.2 Å². The first-order valence-electron chi connectivity index (χ1n) is 9.87. The number of rotatable bonds is 5. The van der Waals surface area contributed by atoms with Gasteiger partial charge in [-0.1, -0.05) is 19.1 Å². The molecule has 0 saturated carbocycles. The molecular formula is C23H24FN3OS. The van der Waals surface area contributed by atoms with E-state index >= 15 is 0 Å². The Bertz CT molecular complexity index is 961. The Morgan fingerprint density at radius 3 is 2.31 bits per heavy atom. The number of hydrogen-bond acceptors (Lipinski definition) is 4. The molecule has 1 amide bonds. The molecule has 0 spiro atoms. The number of benzene rings is 2. The Labute approximate surface area is 174 Å². The molecule has 1 aromatic heterocycles. The van der Waals surface area contributed by atoms with Gasteiger partial charge in [-0.3, -0.25) is 4.79 Å². The summed E-state index contributed by atoms with van der Waals surface area (Å²) < 4.78 is 13.1. The molecule has 1 saturated heterocycles. The zero-order valence-electron chi connectivity index (χ0n) is 16.4. The molecule has 29 heavy (non-hydrogen) atoms. The minimum atomic E-state index is -0.265. The Balaban J connectivity index is 1.38. The van der Waals surface area contributed by atoms with Crippen molar-refractivity contribution in [1.82, 2.24) is 4.90 Å². The average molecular weight is 410 g/mol. The summed E-state index contributed by atoms with van der Waals surface area (Å²) in [5.41, 5.74) is 2.87. The van der Waals surface area contributed by atoms with Gasteiger partial charge in [-0.05, 0) is 60.6 Å². The van der Waals surface area contributed by atoms with Crippen molar-refractivity contribution in [3.05, 3.63) is 71.4 Å². The maximum atomic E-state index is 13.1. The van der Waals surface area contributed by atoms with Crippen LogP contribution in [0.25, 0.3) is 10.4 Å². The van der Waals surface area contributed by atoms with Crippen molar-refractivity contribution >= 4 is 28.6 Å². The van der Waals surface area contributed by atoms with Gasteiger partial charge in [-0.15, -0.1) is 11.3 Å². The van der Waals surface area contributed by atoms with Crippen LogP contribution in [0.2, 0.25) is 0 Å². The smallest absolute Gasteiger partial charge is 0.265 e. The molecule has 1 N–H and O–H groups in total. The second-order valence-electron chi connectivity index (χ2n) is 7.09. The van der Waals surface area contributed by atoms with E-state index in [9.17, 15) is 9.18 Å². The van der Waals surface area contributed by atoms with Crippen molar-refractivity contribution in [2.45, 2.75) is 6.92 Å². The van der Waals surface area contributed by atoms with E-state index in [2.05, 4.69) is 34.2 Å². The lowest BCUT2D eigenvalue weighted by Crippen LogP contribution is -2.46. The summed E-state index contributed by atoms with van der Waals surface area (Å²) >= 11 is 1.40. The zero-order chi connectivity index (χ0) is 20.2. The summed E-state index contributed by atoms with van der Waals surface area (Å²) in [4.78, 5) is 19.0. The predicted molar refractivity (Wildman–Crippen MR) is 118 cm³/mol. The summed E-state index contributed by atoms with van der Waals surface area (Å²) in [7, 11) is 0. The van der Waals surface area contributed by atoms with E-state index in [1.165, 1.54) is 29.2 Å². The molecule has 4 nitrogen and oxygen atoms in total. The first kappa shape index (κ1) is 19.6. The lowest BCUT2D eigenvalue weighted by molar-refractivity contribution is 0.103. The summed E-state index contributed by atoms with van der Waals surface area (Å²) in [6.45, 7) is 7.53. The summed E-state index contributed by atoms with van der Waals surface area (Å²) in [5.74, 6) is -0.397. The van der Waals surface area contributed by atoms with Gasteiger partial charge in [-0.25, -0.2) is 4.39 Å². The lowest BCUT2D eigenvalue weighted by atomic mass is 10.2. The fourth-order valence-corrected chi connectivity index (χ4v) is 4.41. The molecule has 0 bridgehead atoms. The minimum Gasteiger partial charge on any atom is -0.369 e. The number of thiophene rings is 1. The van der Waals surface area contributed by atoms with Crippen LogP contribution in [0, 0.1) is 5.82 Å². The van der Waals surface area contributed by atoms with Crippen LogP contribution in [0.15, 0.2) is 60.7 Å². The van der Waals surface area contributed by atoms with Crippen LogP contribution in [0.3, 0.4) is 0 Å². The number of amides is 1. The van der Waals surface area contributed by atoms with Crippen LogP contribution in [-0.4, -0.2) is 43.5 Å². The van der Waals surface area contributed by atoms with Gasteiger partial charge in [0.2, 0.25) is 0 Å². The molecular weight excluding hydrogens is 385 g/mol. The van der Waals surface area contributed by atoms with E-state index in [4.69, 9.17) is 0 Å². The third-order valence-electron chi connectivity index (χ3n) is 5.27. The van der Waals surface area contributed by atoms with Gasteiger partial charge in [0.05, 0.1) is 4.88 Å². The average Bonchev–Trinajstić information content (AvgIpc) is 3.25. The summed E-state index contributed by atoms with van der Waals surface area (Å²) in [6, 6.07) is 18.0. The molecule has 150 valence electrons. The highest BCUT2D eigenvalue weighted by Gasteiger charge is 2.16. The number of nitrogens with one attached hydrogen (secondary N) is 1. The second-order valence-corrected chi connectivity index (χ2v) is 8.18. The van der Waals surface area contributed by atoms with Gasteiger partial charge in [0.15, 0.2) is 0 Å². The van der Waals surface area contributed by atoms with Crippen molar-refractivity contribution in [3.8, 4) is 10.4 Å². The zero-order valence-corrected chi connectivity index (χ0v) is 17.2. The van der Waals surface area contributed by atoms with Gasteiger partial charge < -0.3 is 15.1 Å². The van der Waals surface area contributed by atoms with Gasteiger partial charge in [0.25, 0.3) is 5.91 Å². The highest BCUT2D eigenvalue weighted by atomic mass is 32.1. The first-order valence-corrected chi connectivity index (χ1v) is 10.7. The van der Waals surface area contributed by atoms with Crippen molar-refractivity contribution in [1.29, 1.82) is 0 Å². The van der Waals surface area contributed by atoms with Gasteiger partial charge in [0.1, 0.15) is 5.82 Å².